The van der Waals surface area contributed by atoms with Gasteiger partial charge in [-0.2, -0.15) is 15.4 Å². The summed E-state index contributed by atoms with van der Waals surface area (Å²) in [5, 5.41) is 9.78. The van der Waals surface area contributed by atoms with Gasteiger partial charge >= 0.3 is 0 Å². The average molecular weight is 196 g/mol. The van der Waals surface area contributed by atoms with E-state index >= 15 is 0 Å². The Hall–Kier alpha value is -1.39. The molecule has 5 heteroatoms. The van der Waals surface area contributed by atoms with Crippen LogP contribution < -0.4 is 0 Å². The van der Waals surface area contributed by atoms with Crippen LogP contribution in [0.1, 0.15) is 31.3 Å². The highest BCUT2D eigenvalue weighted by atomic mass is 16.2. The highest BCUT2D eigenvalue weighted by Gasteiger charge is 2.21. The predicted molar refractivity (Wildman–Crippen MR) is 52.8 cm³/mol. The van der Waals surface area contributed by atoms with Crippen molar-refractivity contribution in [3.63, 3.8) is 0 Å². The fraction of sp³-hybridized carbons (Fsp3) is 0.667. The lowest BCUT2D eigenvalue weighted by Gasteiger charge is -2.27. The first-order chi connectivity index (χ1) is 6.54. The molecule has 0 saturated heterocycles. The Balaban J connectivity index is 2.71. The van der Waals surface area contributed by atoms with Gasteiger partial charge in [0.1, 0.15) is 0 Å². The summed E-state index contributed by atoms with van der Waals surface area (Å²) >= 11 is 0. The van der Waals surface area contributed by atoms with Crippen LogP contribution in [-0.4, -0.2) is 39.3 Å². The number of hydrogen-bond donors (Lipinski definition) is 1. The molecule has 0 aromatic carbocycles. The van der Waals surface area contributed by atoms with Crippen LogP contribution in [0.15, 0.2) is 6.20 Å². The number of hydrogen-bond acceptors (Lipinski definition) is 3. The number of aromatic nitrogens is 3. The normalized spacial score (nSPS) is 12.9. The molecule has 1 aromatic heterocycles. The Labute approximate surface area is 83.5 Å². The van der Waals surface area contributed by atoms with E-state index in [4.69, 9.17) is 0 Å². The maximum atomic E-state index is 11.8. The molecule has 5 nitrogen and oxygen atoms in total. The smallest absolute Gasteiger partial charge is 0.276 e. The maximum absolute atomic E-state index is 11.8. The SMILES string of the molecule is CC(C)C(C)N(C)C(=O)c1cn[nH]n1. The summed E-state index contributed by atoms with van der Waals surface area (Å²) in [5.41, 5.74) is 0.361. The summed E-state index contributed by atoms with van der Waals surface area (Å²) in [7, 11) is 1.78. The highest BCUT2D eigenvalue weighted by molar-refractivity contribution is 5.91. The third-order valence-corrected chi connectivity index (χ3v) is 2.53. The molecule has 1 unspecified atom stereocenters. The quantitative estimate of drug-likeness (QED) is 0.782. The maximum Gasteiger partial charge on any atom is 0.276 e. The van der Waals surface area contributed by atoms with Gasteiger partial charge in [-0.3, -0.25) is 4.79 Å². The van der Waals surface area contributed by atoms with Crippen LogP contribution >= 0.6 is 0 Å². The van der Waals surface area contributed by atoms with Crippen molar-refractivity contribution in [3.8, 4) is 0 Å². The Morgan fingerprint density at radius 3 is 2.57 bits per heavy atom. The molecule has 0 fully saturated rings. The topological polar surface area (TPSA) is 61.9 Å². The zero-order valence-electron chi connectivity index (χ0n) is 8.98. The molecule has 0 radical (unpaired) electrons. The predicted octanol–water partition coefficient (Wildman–Crippen LogP) is 0.921. The van der Waals surface area contributed by atoms with Gasteiger partial charge in [-0.05, 0) is 12.8 Å². The summed E-state index contributed by atoms with van der Waals surface area (Å²) < 4.78 is 0. The van der Waals surface area contributed by atoms with Gasteiger partial charge < -0.3 is 4.90 Å². The monoisotopic (exact) mass is 196 g/mol. The number of amides is 1. The molecule has 14 heavy (non-hydrogen) atoms. The number of carbonyl (C=O) groups excluding carboxylic acids is 1. The van der Waals surface area contributed by atoms with Crippen molar-refractivity contribution in [3.05, 3.63) is 11.9 Å². The molecule has 0 bridgehead atoms. The van der Waals surface area contributed by atoms with E-state index in [0.717, 1.165) is 0 Å². The number of rotatable bonds is 3. The summed E-state index contributed by atoms with van der Waals surface area (Å²) in [6.45, 7) is 6.18. The van der Waals surface area contributed by atoms with E-state index in [-0.39, 0.29) is 11.9 Å². The molecule has 0 aliphatic carbocycles. The number of nitrogens with zero attached hydrogens (tertiary/aromatic N) is 3. The van der Waals surface area contributed by atoms with Crippen molar-refractivity contribution in [2.75, 3.05) is 7.05 Å². The molecule has 0 aliphatic heterocycles. The zero-order chi connectivity index (χ0) is 10.7. The van der Waals surface area contributed by atoms with Crippen molar-refractivity contribution in [1.29, 1.82) is 0 Å². The van der Waals surface area contributed by atoms with Gasteiger partial charge in [-0.15, -0.1) is 0 Å². The minimum absolute atomic E-state index is 0.0973. The van der Waals surface area contributed by atoms with E-state index < -0.39 is 0 Å². The molecule has 1 heterocycles. The standard InChI is InChI=1S/C9H16N4O/c1-6(2)7(3)13(4)9(14)8-5-10-12-11-8/h5-7H,1-4H3,(H,10,11,12). The third kappa shape index (κ3) is 2.10. The van der Waals surface area contributed by atoms with Crippen LogP contribution in [0.3, 0.4) is 0 Å². The lowest BCUT2D eigenvalue weighted by atomic mass is 10.1. The molecule has 78 valence electrons. The van der Waals surface area contributed by atoms with Gasteiger partial charge in [0.2, 0.25) is 0 Å². The molecule has 0 spiro atoms. The summed E-state index contributed by atoms with van der Waals surface area (Å²) in [6.07, 6.45) is 1.44. The molecule has 0 saturated carbocycles. The lowest BCUT2D eigenvalue weighted by molar-refractivity contribution is 0.0701. The van der Waals surface area contributed by atoms with Crippen molar-refractivity contribution in [2.45, 2.75) is 26.8 Å². The number of nitrogens with one attached hydrogen (secondary N) is 1. The molecule has 1 rings (SSSR count). The summed E-state index contributed by atoms with van der Waals surface area (Å²) in [5.74, 6) is 0.329. The number of H-pyrrole nitrogens is 1. The average Bonchev–Trinajstić information content (AvgIpc) is 2.67. The molecular formula is C9H16N4O. The zero-order valence-corrected chi connectivity index (χ0v) is 8.98. The van der Waals surface area contributed by atoms with E-state index in [1.807, 2.05) is 6.92 Å². The number of carbonyl (C=O) groups is 1. The van der Waals surface area contributed by atoms with Crippen LogP contribution in [-0.2, 0) is 0 Å². The summed E-state index contributed by atoms with van der Waals surface area (Å²) in [4.78, 5) is 13.4. The van der Waals surface area contributed by atoms with Crippen LogP contribution in [0.4, 0.5) is 0 Å². The fourth-order valence-corrected chi connectivity index (χ4v) is 1.12. The van der Waals surface area contributed by atoms with Crippen LogP contribution in [0.25, 0.3) is 0 Å². The van der Waals surface area contributed by atoms with E-state index in [1.54, 1.807) is 11.9 Å². The van der Waals surface area contributed by atoms with Crippen LogP contribution in [0.5, 0.6) is 0 Å². The first-order valence-corrected chi connectivity index (χ1v) is 4.67. The summed E-state index contributed by atoms with van der Waals surface area (Å²) in [6, 6.07) is 0.194. The Bertz CT molecular complexity index is 294. The minimum Gasteiger partial charge on any atom is -0.337 e. The first-order valence-electron chi connectivity index (χ1n) is 4.67. The Kier molecular flexibility index (Phi) is 3.22. The highest BCUT2D eigenvalue weighted by Crippen LogP contribution is 2.10. The largest absolute Gasteiger partial charge is 0.337 e. The van der Waals surface area contributed by atoms with E-state index in [2.05, 4.69) is 29.3 Å². The van der Waals surface area contributed by atoms with Crippen molar-refractivity contribution in [1.82, 2.24) is 20.3 Å². The second-order valence-electron chi connectivity index (χ2n) is 3.76. The van der Waals surface area contributed by atoms with Gasteiger partial charge in [-0.25, -0.2) is 0 Å². The van der Waals surface area contributed by atoms with Gasteiger partial charge in [0.25, 0.3) is 5.91 Å². The molecular weight excluding hydrogens is 180 g/mol. The second-order valence-corrected chi connectivity index (χ2v) is 3.76. The van der Waals surface area contributed by atoms with Gasteiger partial charge in [-0.1, -0.05) is 13.8 Å². The fourth-order valence-electron chi connectivity index (χ4n) is 1.12. The van der Waals surface area contributed by atoms with Crippen LogP contribution in [0.2, 0.25) is 0 Å². The number of aromatic amines is 1. The third-order valence-electron chi connectivity index (χ3n) is 2.53. The van der Waals surface area contributed by atoms with Crippen molar-refractivity contribution >= 4 is 5.91 Å². The molecule has 1 atom stereocenters. The van der Waals surface area contributed by atoms with E-state index in [0.29, 0.717) is 11.6 Å². The second kappa shape index (κ2) is 4.21. The first kappa shape index (κ1) is 10.7. The van der Waals surface area contributed by atoms with Crippen molar-refractivity contribution < 1.29 is 4.79 Å². The molecule has 1 N–H and O–H groups in total. The minimum atomic E-state index is -0.0973. The van der Waals surface area contributed by atoms with E-state index in [9.17, 15) is 4.79 Å². The van der Waals surface area contributed by atoms with Crippen molar-refractivity contribution in [2.24, 2.45) is 5.92 Å². The van der Waals surface area contributed by atoms with E-state index in [1.165, 1.54) is 6.20 Å². The van der Waals surface area contributed by atoms with Crippen LogP contribution in [0, 0.1) is 5.92 Å². The van der Waals surface area contributed by atoms with Gasteiger partial charge in [0.05, 0.1) is 6.20 Å². The molecule has 0 aliphatic rings. The van der Waals surface area contributed by atoms with Gasteiger partial charge in [0, 0.05) is 13.1 Å². The van der Waals surface area contributed by atoms with Gasteiger partial charge in [0.15, 0.2) is 5.69 Å². The molecule has 1 amide bonds. The Morgan fingerprint density at radius 2 is 2.14 bits per heavy atom. The Morgan fingerprint density at radius 1 is 1.50 bits per heavy atom. The molecule has 1 aromatic rings. The lowest BCUT2D eigenvalue weighted by Crippen LogP contribution is -2.38.